The van der Waals surface area contributed by atoms with Gasteiger partial charge in [-0.05, 0) is 24.3 Å². The van der Waals surface area contributed by atoms with Crippen molar-refractivity contribution >= 4 is 23.4 Å². The fraction of sp³-hybridized carbons (Fsp3) is 0. The van der Waals surface area contributed by atoms with E-state index >= 15 is 0 Å². The lowest BCUT2D eigenvalue weighted by atomic mass is 10.1. The van der Waals surface area contributed by atoms with Crippen LogP contribution in [0, 0.1) is 20.2 Å². The second kappa shape index (κ2) is 5.78. The Bertz CT molecular complexity index is 747. The van der Waals surface area contributed by atoms with Crippen LogP contribution in [0.1, 0.15) is 16.1 Å². The third-order valence-electron chi connectivity index (χ3n) is 2.56. The molecule has 0 bridgehead atoms. The number of rotatable bonds is 5. The number of nitro groups is 2. The van der Waals surface area contributed by atoms with Crippen LogP contribution in [0.5, 0.6) is 0 Å². The Kier molecular flexibility index (Phi) is 3.89. The summed E-state index contributed by atoms with van der Waals surface area (Å²) in [6.45, 7) is 0. The van der Waals surface area contributed by atoms with Crippen molar-refractivity contribution in [3.8, 4) is 0 Å². The number of nitrogens with zero attached hydrogens (tertiary/aromatic N) is 2. The minimum Gasteiger partial charge on any atom is -0.401 e. The maximum Gasteiger partial charge on any atom is 0.433 e. The Hall–Kier alpha value is -3.29. The zero-order valence-electron chi connectivity index (χ0n) is 10.5. The lowest BCUT2D eigenvalue weighted by Crippen LogP contribution is -2.00. The number of carbonyl (C=O) groups is 1. The number of para-hydroxylation sites is 1. The van der Waals surface area contributed by atoms with Crippen molar-refractivity contribution in [3.05, 3.63) is 74.0 Å². The average Bonchev–Trinajstić information content (AvgIpc) is 2.94. The van der Waals surface area contributed by atoms with Gasteiger partial charge in [-0.15, -0.1) is 0 Å². The molecule has 0 aliphatic carbocycles. The summed E-state index contributed by atoms with van der Waals surface area (Å²) in [5.74, 6) is -0.942. The van der Waals surface area contributed by atoms with E-state index in [2.05, 4.69) is 0 Å². The molecule has 0 amide bonds. The number of carbonyl (C=O) groups excluding carboxylic acids is 1. The van der Waals surface area contributed by atoms with Crippen molar-refractivity contribution in [1.82, 2.24) is 0 Å². The second-order valence-electron chi connectivity index (χ2n) is 3.90. The summed E-state index contributed by atoms with van der Waals surface area (Å²) < 4.78 is 4.84. The number of ketones is 1. The van der Waals surface area contributed by atoms with E-state index in [1.54, 1.807) is 0 Å². The number of benzene rings is 1. The molecule has 21 heavy (non-hydrogen) atoms. The van der Waals surface area contributed by atoms with Crippen molar-refractivity contribution in [2.45, 2.75) is 0 Å². The van der Waals surface area contributed by atoms with Crippen LogP contribution in [-0.4, -0.2) is 15.6 Å². The van der Waals surface area contributed by atoms with Gasteiger partial charge in [0.2, 0.25) is 0 Å². The van der Waals surface area contributed by atoms with E-state index in [0.717, 1.165) is 12.1 Å². The summed E-state index contributed by atoms with van der Waals surface area (Å²) in [6, 6.07) is 7.98. The van der Waals surface area contributed by atoms with Crippen LogP contribution >= 0.6 is 0 Å². The van der Waals surface area contributed by atoms with Gasteiger partial charge in [-0.3, -0.25) is 25.0 Å². The molecule has 1 aromatic heterocycles. The molecule has 8 heteroatoms. The molecule has 0 aliphatic rings. The van der Waals surface area contributed by atoms with Crippen molar-refractivity contribution in [2.75, 3.05) is 0 Å². The maximum atomic E-state index is 11.9. The number of hydrogen-bond acceptors (Lipinski definition) is 6. The quantitative estimate of drug-likeness (QED) is 0.361. The van der Waals surface area contributed by atoms with Crippen LogP contribution in [0.3, 0.4) is 0 Å². The molecule has 2 rings (SSSR count). The van der Waals surface area contributed by atoms with Gasteiger partial charge >= 0.3 is 5.88 Å². The smallest absolute Gasteiger partial charge is 0.401 e. The zero-order valence-corrected chi connectivity index (χ0v) is 10.5. The molecule has 0 saturated carbocycles. The fourth-order valence-corrected chi connectivity index (χ4v) is 1.62. The van der Waals surface area contributed by atoms with Crippen molar-refractivity contribution in [1.29, 1.82) is 0 Å². The molecule has 0 fully saturated rings. The van der Waals surface area contributed by atoms with E-state index < -0.39 is 21.5 Å². The molecular weight excluding hydrogens is 280 g/mol. The molecular formula is C13H8N2O6. The van der Waals surface area contributed by atoms with Gasteiger partial charge in [0.05, 0.1) is 16.6 Å². The zero-order chi connectivity index (χ0) is 15.4. The van der Waals surface area contributed by atoms with Gasteiger partial charge < -0.3 is 4.42 Å². The van der Waals surface area contributed by atoms with Crippen molar-refractivity contribution < 1.29 is 19.1 Å². The molecule has 0 saturated heterocycles. The first-order chi connectivity index (χ1) is 9.99. The summed E-state index contributed by atoms with van der Waals surface area (Å²) >= 11 is 0. The van der Waals surface area contributed by atoms with E-state index in [-0.39, 0.29) is 17.0 Å². The highest BCUT2D eigenvalue weighted by molar-refractivity contribution is 6.09. The number of furan rings is 1. The standard InChI is InChI=1S/C13H8N2O6/c16-12(10-3-1-2-4-11(10)14(17)18)7-5-9-6-8-13(21-9)15(19)20/h1-8H/b7-5-. The highest BCUT2D eigenvalue weighted by Crippen LogP contribution is 2.20. The molecule has 0 radical (unpaired) electrons. The van der Waals surface area contributed by atoms with Gasteiger partial charge in [0.15, 0.2) is 5.78 Å². The van der Waals surface area contributed by atoms with Gasteiger partial charge in [0.1, 0.15) is 10.7 Å². The summed E-state index contributed by atoms with van der Waals surface area (Å²) in [6.07, 6.45) is 2.27. The number of hydrogen-bond donors (Lipinski definition) is 0. The summed E-state index contributed by atoms with van der Waals surface area (Å²) in [5, 5.41) is 21.3. The highest BCUT2D eigenvalue weighted by atomic mass is 16.6. The van der Waals surface area contributed by atoms with Crippen molar-refractivity contribution in [2.24, 2.45) is 0 Å². The van der Waals surface area contributed by atoms with Gasteiger partial charge in [-0.2, -0.15) is 0 Å². The lowest BCUT2D eigenvalue weighted by Gasteiger charge is -1.97. The molecule has 0 aliphatic heterocycles. The molecule has 1 heterocycles. The Balaban J connectivity index is 2.23. The van der Waals surface area contributed by atoms with E-state index in [1.807, 2.05) is 0 Å². The molecule has 1 aromatic carbocycles. The Morgan fingerprint density at radius 2 is 1.76 bits per heavy atom. The molecule has 0 unspecified atom stereocenters. The molecule has 106 valence electrons. The minimum absolute atomic E-state index is 0.0696. The van der Waals surface area contributed by atoms with E-state index in [1.165, 1.54) is 36.4 Å². The lowest BCUT2D eigenvalue weighted by molar-refractivity contribution is -0.402. The van der Waals surface area contributed by atoms with Crippen LogP contribution in [0.2, 0.25) is 0 Å². The third-order valence-corrected chi connectivity index (χ3v) is 2.56. The highest BCUT2D eigenvalue weighted by Gasteiger charge is 2.17. The van der Waals surface area contributed by atoms with Crippen LogP contribution in [0.15, 0.2) is 46.9 Å². The topological polar surface area (TPSA) is 116 Å². The van der Waals surface area contributed by atoms with Gasteiger partial charge in [0.25, 0.3) is 5.69 Å². The van der Waals surface area contributed by atoms with Gasteiger partial charge in [0, 0.05) is 6.07 Å². The van der Waals surface area contributed by atoms with E-state index in [9.17, 15) is 25.0 Å². The van der Waals surface area contributed by atoms with Crippen LogP contribution in [0.4, 0.5) is 11.6 Å². The Morgan fingerprint density at radius 3 is 2.38 bits per heavy atom. The summed E-state index contributed by atoms with van der Waals surface area (Å²) in [7, 11) is 0. The first-order valence-corrected chi connectivity index (χ1v) is 5.69. The molecule has 0 atom stereocenters. The second-order valence-corrected chi connectivity index (χ2v) is 3.90. The first-order valence-electron chi connectivity index (χ1n) is 5.69. The number of nitro benzene ring substituents is 1. The van der Waals surface area contributed by atoms with Crippen molar-refractivity contribution in [3.63, 3.8) is 0 Å². The summed E-state index contributed by atoms with van der Waals surface area (Å²) in [5.41, 5.74) is -0.377. The van der Waals surface area contributed by atoms with Crippen LogP contribution < -0.4 is 0 Å². The van der Waals surface area contributed by atoms with Crippen LogP contribution in [-0.2, 0) is 0 Å². The Labute approximate surface area is 117 Å². The van der Waals surface area contributed by atoms with Crippen LogP contribution in [0.25, 0.3) is 6.08 Å². The normalized spacial score (nSPS) is 10.7. The van der Waals surface area contributed by atoms with E-state index in [4.69, 9.17) is 4.42 Å². The largest absolute Gasteiger partial charge is 0.433 e. The maximum absolute atomic E-state index is 11.9. The predicted molar refractivity (Wildman–Crippen MR) is 71.8 cm³/mol. The summed E-state index contributed by atoms with van der Waals surface area (Å²) in [4.78, 5) is 31.8. The predicted octanol–water partition coefficient (Wildman–Crippen LogP) is 2.99. The third kappa shape index (κ3) is 3.18. The average molecular weight is 288 g/mol. The fourth-order valence-electron chi connectivity index (χ4n) is 1.62. The monoisotopic (exact) mass is 288 g/mol. The van der Waals surface area contributed by atoms with Gasteiger partial charge in [-0.25, -0.2) is 0 Å². The molecule has 2 aromatic rings. The minimum atomic E-state index is -0.707. The first kappa shape index (κ1) is 14.1. The molecule has 0 spiro atoms. The Morgan fingerprint density at radius 1 is 1.05 bits per heavy atom. The molecule has 8 nitrogen and oxygen atoms in total. The SMILES string of the molecule is O=C(/C=C\c1ccc([N+](=O)[O-])o1)c1ccccc1[N+](=O)[O-]. The van der Waals surface area contributed by atoms with Gasteiger partial charge in [-0.1, -0.05) is 12.1 Å². The van der Waals surface area contributed by atoms with E-state index in [0.29, 0.717) is 0 Å². The number of allylic oxidation sites excluding steroid dienone is 1. The molecule has 0 N–H and O–H groups in total.